The highest BCUT2D eigenvalue weighted by Crippen LogP contribution is 2.20. The van der Waals surface area contributed by atoms with Gasteiger partial charge in [-0.15, -0.1) is 11.3 Å². The summed E-state index contributed by atoms with van der Waals surface area (Å²) in [7, 11) is 0. The first kappa shape index (κ1) is 15.5. The summed E-state index contributed by atoms with van der Waals surface area (Å²) in [5, 5.41) is 14.3. The van der Waals surface area contributed by atoms with E-state index in [1.54, 1.807) is 11.6 Å². The van der Waals surface area contributed by atoms with Crippen LogP contribution in [0.2, 0.25) is 0 Å². The van der Waals surface area contributed by atoms with Gasteiger partial charge in [-0.05, 0) is 25.1 Å². The molecule has 0 aliphatic carbocycles. The summed E-state index contributed by atoms with van der Waals surface area (Å²) in [4.78, 5) is 27.8. The van der Waals surface area contributed by atoms with Gasteiger partial charge in [0.05, 0.1) is 23.3 Å². The Morgan fingerprint density at radius 2 is 2.14 bits per heavy atom. The summed E-state index contributed by atoms with van der Waals surface area (Å²) in [6.07, 6.45) is 0. The van der Waals surface area contributed by atoms with Crippen molar-refractivity contribution in [2.75, 3.05) is 5.32 Å². The summed E-state index contributed by atoms with van der Waals surface area (Å²) < 4.78 is 0.580. The number of anilines is 1. The number of nitrogens with one attached hydrogen (secondary N) is 2. The molecule has 0 aliphatic rings. The number of halogens is 1. The number of aromatic carboxylic acids is 1. The minimum Gasteiger partial charge on any atom is -0.478 e. The highest BCUT2D eigenvalue weighted by molar-refractivity contribution is 9.10. The summed E-state index contributed by atoms with van der Waals surface area (Å²) in [5.74, 6) is -1.06. The summed E-state index contributed by atoms with van der Waals surface area (Å²) in [5.41, 5.74) is 3.10. The lowest BCUT2D eigenvalue weighted by Gasteiger charge is -2.08. The molecule has 0 saturated heterocycles. The molecule has 0 unspecified atom stereocenters. The number of carbonyl (C=O) groups excluding carboxylic acids is 1. The fraction of sp³-hybridized carbons (Fsp3) is 0.154. The van der Waals surface area contributed by atoms with Gasteiger partial charge in [0, 0.05) is 15.0 Å². The molecule has 1 aromatic heterocycles. The van der Waals surface area contributed by atoms with Crippen molar-refractivity contribution in [1.29, 1.82) is 0 Å². The average molecular weight is 370 g/mol. The number of carbonyl (C=O) groups is 2. The number of hydrogen-bond acceptors (Lipinski definition) is 4. The molecule has 0 atom stereocenters. The van der Waals surface area contributed by atoms with Gasteiger partial charge in [-0.1, -0.05) is 15.9 Å². The number of amides is 2. The zero-order valence-corrected chi connectivity index (χ0v) is 13.4. The molecule has 1 heterocycles. The van der Waals surface area contributed by atoms with Gasteiger partial charge < -0.3 is 15.7 Å². The molecule has 0 spiro atoms. The zero-order valence-electron chi connectivity index (χ0n) is 11.0. The lowest BCUT2D eigenvalue weighted by molar-refractivity contribution is 0.0697. The summed E-state index contributed by atoms with van der Waals surface area (Å²) in [6.45, 7) is 2.25. The molecular weight excluding hydrogens is 358 g/mol. The van der Waals surface area contributed by atoms with Crippen LogP contribution in [0.3, 0.4) is 0 Å². The molecule has 110 valence electrons. The topological polar surface area (TPSA) is 91.3 Å². The predicted molar refractivity (Wildman–Crippen MR) is 83.8 cm³/mol. The first-order valence-corrected chi connectivity index (χ1v) is 7.60. The fourth-order valence-corrected chi connectivity index (χ4v) is 2.83. The number of thiazole rings is 1. The smallest absolute Gasteiger partial charge is 0.335 e. The van der Waals surface area contributed by atoms with Crippen molar-refractivity contribution in [3.63, 3.8) is 0 Å². The SMILES string of the molecule is Cc1ncsc1CNC(=O)Nc1cc(Br)cc(C(=O)O)c1. The maximum atomic E-state index is 11.8. The first-order chi connectivity index (χ1) is 9.95. The Morgan fingerprint density at radius 1 is 1.38 bits per heavy atom. The highest BCUT2D eigenvalue weighted by Gasteiger charge is 2.09. The molecule has 0 bridgehead atoms. The number of carboxylic acids is 1. The number of aryl methyl sites for hydroxylation is 1. The predicted octanol–water partition coefficient (Wildman–Crippen LogP) is 3.23. The van der Waals surface area contributed by atoms with Crippen LogP contribution >= 0.6 is 27.3 Å². The van der Waals surface area contributed by atoms with Crippen LogP contribution in [0, 0.1) is 6.92 Å². The van der Waals surface area contributed by atoms with E-state index in [1.165, 1.54) is 23.5 Å². The normalized spacial score (nSPS) is 10.2. The van der Waals surface area contributed by atoms with Gasteiger partial charge in [0.1, 0.15) is 0 Å². The molecule has 0 saturated carbocycles. The van der Waals surface area contributed by atoms with Crippen LogP contribution in [0.4, 0.5) is 10.5 Å². The number of aromatic nitrogens is 1. The standard InChI is InChI=1S/C13H12BrN3O3S/c1-7-11(21-6-16-7)5-15-13(20)17-10-3-8(12(18)19)2-9(14)4-10/h2-4,6H,5H2,1H3,(H,18,19)(H2,15,17,20). The zero-order chi connectivity index (χ0) is 15.4. The Kier molecular flexibility index (Phi) is 4.92. The van der Waals surface area contributed by atoms with E-state index in [0.29, 0.717) is 16.7 Å². The van der Waals surface area contributed by atoms with E-state index in [2.05, 4.69) is 31.5 Å². The molecular formula is C13H12BrN3O3S. The maximum absolute atomic E-state index is 11.8. The van der Waals surface area contributed by atoms with Gasteiger partial charge in [0.25, 0.3) is 0 Å². The lowest BCUT2D eigenvalue weighted by Crippen LogP contribution is -2.28. The van der Waals surface area contributed by atoms with Crippen LogP contribution in [-0.2, 0) is 6.54 Å². The minimum atomic E-state index is -1.06. The van der Waals surface area contributed by atoms with Crippen LogP contribution in [-0.4, -0.2) is 22.1 Å². The summed E-state index contributed by atoms with van der Waals surface area (Å²) in [6, 6.07) is 4.08. The van der Waals surface area contributed by atoms with Crippen molar-refractivity contribution < 1.29 is 14.7 Å². The number of rotatable bonds is 4. The molecule has 21 heavy (non-hydrogen) atoms. The minimum absolute atomic E-state index is 0.0953. The van der Waals surface area contributed by atoms with Crippen LogP contribution in [0.1, 0.15) is 20.9 Å². The number of urea groups is 1. The van der Waals surface area contributed by atoms with E-state index in [4.69, 9.17) is 5.11 Å². The van der Waals surface area contributed by atoms with E-state index >= 15 is 0 Å². The molecule has 0 aliphatic heterocycles. The van der Waals surface area contributed by atoms with E-state index in [1.807, 2.05) is 6.92 Å². The monoisotopic (exact) mass is 369 g/mol. The number of carboxylic acid groups (broad SMARTS) is 1. The second-order valence-electron chi connectivity index (χ2n) is 4.20. The third-order valence-electron chi connectivity index (χ3n) is 2.66. The van der Waals surface area contributed by atoms with Gasteiger partial charge in [0.15, 0.2) is 0 Å². The quantitative estimate of drug-likeness (QED) is 0.771. The molecule has 2 aromatic rings. The van der Waals surface area contributed by atoms with Crippen molar-refractivity contribution in [3.05, 3.63) is 44.3 Å². The van der Waals surface area contributed by atoms with Crippen LogP contribution in [0.25, 0.3) is 0 Å². The second-order valence-corrected chi connectivity index (χ2v) is 6.06. The van der Waals surface area contributed by atoms with Gasteiger partial charge in [-0.25, -0.2) is 14.6 Å². The van der Waals surface area contributed by atoms with Crippen LogP contribution in [0.5, 0.6) is 0 Å². The Balaban J connectivity index is 1.99. The van der Waals surface area contributed by atoms with Crippen LogP contribution in [0.15, 0.2) is 28.2 Å². The third-order valence-corrected chi connectivity index (χ3v) is 4.05. The fourth-order valence-electron chi connectivity index (χ4n) is 1.62. The van der Waals surface area contributed by atoms with E-state index in [9.17, 15) is 9.59 Å². The van der Waals surface area contributed by atoms with Crippen molar-refractivity contribution in [3.8, 4) is 0 Å². The molecule has 2 amide bonds. The van der Waals surface area contributed by atoms with E-state index in [0.717, 1.165) is 10.6 Å². The van der Waals surface area contributed by atoms with Crippen molar-refractivity contribution in [1.82, 2.24) is 10.3 Å². The molecule has 0 radical (unpaired) electrons. The van der Waals surface area contributed by atoms with Gasteiger partial charge >= 0.3 is 12.0 Å². The molecule has 1 aromatic carbocycles. The molecule has 2 rings (SSSR count). The maximum Gasteiger partial charge on any atom is 0.335 e. The number of hydrogen-bond donors (Lipinski definition) is 3. The van der Waals surface area contributed by atoms with Crippen LogP contribution < -0.4 is 10.6 Å². The molecule has 0 fully saturated rings. The van der Waals surface area contributed by atoms with E-state index in [-0.39, 0.29) is 5.56 Å². The average Bonchev–Trinajstić information content (AvgIpc) is 2.81. The van der Waals surface area contributed by atoms with E-state index < -0.39 is 12.0 Å². The van der Waals surface area contributed by atoms with Gasteiger partial charge in [-0.2, -0.15) is 0 Å². The van der Waals surface area contributed by atoms with Crippen molar-refractivity contribution in [2.24, 2.45) is 0 Å². The Morgan fingerprint density at radius 3 is 2.76 bits per heavy atom. The molecule has 8 heteroatoms. The Labute approximate surface area is 133 Å². The Bertz CT molecular complexity index is 687. The second kappa shape index (κ2) is 6.68. The van der Waals surface area contributed by atoms with Crippen molar-refractivity contribution >= 4 is 45.0 Å². The highest BCUT2D eigenvalue weighted by atomic mass is 79.9. The third kappa shape index (κ3) is 4.27. The molecule has 6 nitrogen and oxygen atoms in total. The van der Waals surface area contributed by atoms with Gasteiger partial charge in [-0.3, -0.25) is 0 Å². The Hall–Kier alpha value is -1.93. The van der Waals surface area contributed by atoms with Gasteiger partial charge in [0.2, 0.25) is 0 Å². The number of benzene rings is 1. The first-order valence-electron chi connectivity index (χ1n) is 5.93. The number of nitrogens with zero attached hydrogens (tertiary/aromatic N) is 1. The van der Waals surface area contributed by atoms with Crippen molar-refractivity contribution in [2.45, 2.75) is 13.5 Å². The lowest BCUT2D eigenvalue weighted by atomic mass is 10.2. The summed E-state index contributed by atoms with van der Waals surface area (Å²) >= 11 is 4.68. The molecule has 3 N–H and O–H groups in total. The largest absolute Gasteiger partial charge is 0.478 e.